The van der Waals surface area contributed by atoms with E-state index in [1.165, 1.54) is 0 Å². The monoisotopic (exact) mass is 240 g/mol. The van der Waals surface area contributed by atoms with Crippen LogP contribution in [0.15, 0.2) is 18.2 Å². The number of hydrogen-bond acceptors (Lipinski definition) is 0. The van der Waals surface area contributed by atoms with Crippen LogP contribution >= 0.6 is 23.2 Å². The number of halogens is 2. The molecule has 0 N–H and O–H groups in total. The highest BCUT2D eigenvalue weighted by atomic mass is 35.5. The SMILES string of the molecule is CCC#CCC(C)c1cccc(Cl)c1Cl. The van der Waals surface area contributed by atoms with E-state index in [2.05, 4.69) is 18.8 Å². The van der Waals surface area contributed by atoms with Gasteiger partial charge in [-0.05, 0) is 17.5 Å². The first kappa shape index (κ1) is 12.4. The molecular formula is C13H14Cl2. The van der Waals surface area contributed by atoms with Gasteiger partial charge in [-0.3, -0.25) is 0 Å². The van der Waals surface area contributed by atoms with Crippen molar-refractivity contribution in [2.45, 2.75) is 32.6 Å². The Bertz CT molecular complexity index is 385. The minimum atomic E-state index is 0.329. The van der Waals surface area contributed by atoms with E-state index in [4.69, 9.17) is 23.2 Å². The zero-order valence-corrected chi connectivity index (χ0v) is 10.5. The number of rotatable bonds is 2. The lowest BCUT2D eigenvalue weighted by Gasteiger charge is -2.11. The summed E-state index contributed by atoms with van der Waals surface area (Å²) in [6.07, 6.45) is 1.73. The van der Waals surface area contributed by atoms with E-state index >= 15 is 0 Å². The fourth-order valence-corrected chi connectivity index (χ4v) is 1.86. The molecule has 0 bridgehead atoms. The highest BCUT2D eigenvalue weighted by Crippen LogP contribution is 2.31. The standard InChI is InChI=1S/C13H14Cl2/c1-3-4-5-7-10(2)11-8-6-9-12(14)13(11)15/h6,8-10H,3,7H2,1-2H3. The average Bonchev–Trinajstić information content (AvgIpc) is 2.22. The van der Waals surface area contributed by atoms with Crippen LogP contribution in [0.25, 0.3) is 0 Å². The Morgan fingerprint density at radius 2 is 2.00 bits per heavy atom. The molecule has 0 saturated carbocycles. The lowest BCUT2D eigenvalue weighted by atomic mass is 9.98. The highest BCUT2D eigenvalue weighted by molar-refractivity contribution is 6.42. The Labute approximate surface area is 102 Å². The maximum Gasteiger partial charge on any atom is 0.0627 e. The zero-order valence-electron chi connectivity index (χ0n) is 8.98. The van der Waals surface area contributed by atoms with Crippen molar-refractivity contribution in [2.75, 3.05) is 0 Å². The van der Waals surface area contributed by atoms with Gasteiger partial charge in [-0.2, -0.15) is 0 Å². The van der Waals surface area contributed by atoms with Crippen LogP contribution < -0.4 is 0 Å². The van der Waals surface area contributed by atoms with Gasteiger partial charge >= 0.3 is 0 Å². The molecule has 2 heteroatoms. The summed E-state index contributed by atoms with van der Waals surface area (Å²) in [5, 5.41) is 1.27. The van der Waals surface area contributed by atoms with Crippen LogP contribution in [0.1, 0.15) is 38.2 Å². The predicted octanol–water partition coefficient (Wildman–Crippen LogP) is 4.90. The second-order valence-corrected chi connectivity index (χ2v) is 4.24. The third-order valence-electron chi connectivity index (χ3n) is 2.22. The summed E-state index contributed by atoms with van der Waals surface area (Å²) in [6, 6.07) is 5.73. The molecule has 0 aliphatic carbocycles. The molecule has 0 aliphatic heterocycles. The van der Waals surface area contributed by atoms with Gasteiger partial charge in [0.25, 0.3) is 0 Å². The maximum atomic E-state index is 6.12. The molecule has 80 valence electrons. The molecule has 1 rings (SSSR count). The van der Waals surface area contributed by atoms with Crippen molar-refractivity contribution < 1.29 is 0 Å². The first-order chi connectivity index (χ1) is 7.16. The fraction of sp³-hybridized carbons (Fsp3) is 0.385. The Balaban J connectivity index is 2.82. The fourth-order valence-electron chi connectivity index (χ4n) is 1.36. The molecule has 1 aromatic rings. The summed E-state index contributed by atoms with van der Waals surface area (Å²) in [5.74, 6) is 6.51. The molecule has 0 nitrogen and oxygen atoms in total. The largest absolute Gasteiger partial charge is 0.104 e. The van der Waals surface area contributed by atoms with Crippen molar-refractivity contribution in [1.29, 1.82) is 0 Å². The van der Waals surface area contributed by atoms with Crippen LogP contribution in [0.5, 0.6) is 0 Å². The number of hydrogen-bond donors (Lipinski definition) is 0. The van der Waals surface area contributed by atoms with Crippen LogP contribution in [0.3, 0.4) is 0 Å². The third kappa shape index (κ3) is 3.45. The van der Waals surface area contributed by atoms with E-state index in [1.807, 2.05) is 19.1 Å². The average molecular weight is 241 g/mol. The molecule has 0 fully saturated rings. The van der Waals surface area contributed by atoms with Crippen molar-refractivity contribution in [1.82, 2.24) is 0 Å². The Morgan fingerprint density at radius 1 is 1.27 bits per heavy atom. The van der Waals surface area contributed by atoms with E-state index in [1.54, 1.807) is 6.07 Å². The van der Waals surface area contributed by atoms with Gasteiger partial charge < -0.3 is 0 Å². The summed E-state index contributed by atoms with van der Waals surface area (Å²) in [7, 11) is 0. The first-order valence-corrected chi connectivity index (χ1v) is 5.82. The van der Waals surface area contributed by atoms with E-state index in [9.17, 15) is 0 Å². The predicted molar refractivity (Wildman–Crippen MR) is 67.6 cm³/mol. The van der Waals surface area contributed by atoms with Crippen LogP contribution in [0.4, 0.5) is 0 Å². The van der Waals surface area contributed by atoms with Crippen molar-refractivity contribution in [3.05, 3.63) is 33.8 Å². The molecule has 0 aromatic heterocycles. The first-order valence-electron chi connectivity index (χ1n) is 5.06. The lowest BCUT2D eigenvalue weighted by Crippen LogP contribution is -1.93. The van der Waals surface area contributed by atoms with E-state index in [0.717, 1.165) is 18.4 Å². The van der Waals surface area contributed by atoms with Gasteiger partial charge in [-0.1, -0.05) is 49.2 Å². The van der Waals surface area contributed by atoms with Crippen molar-refractivity contribution in [2.24, 2.45) is 0 Å². The van der Waals surface area contributed by atoms with Gasteiger partial charge in [0, 0.05) is 12.8 Å². The van der Waals surface area contributed by atoms with Crippen molar-refractivity contribution in [3.8, 4) is 11.8 Å². The van der Waals surface area contributed by atoms with Gasteiger partial charge in [0.15, 0.2) is 0 Å². The molecule has 0 radical (unpaired) electrons. The third-order valence-corrected chi connectivity index (χ3v) is 3.06. The van der Waals surface area contributed by atoms with Crippen molar-refractivity contribution in [3.63, 3.8) is 0 Å². The maximum absolute atomic E-state index is 6.12. The summed E-state index contributed by atoms with van der Waals surface area (Å²) in [6.45, 7) is 4.16. The molecule has 1 unspecified atom stereocenters. The molecule has 0 amide bonds. The second-order valence-electron chi connectivity index (χ2n) is 3.46. The molecule has 0 heterocycles. The van der Waals surface area contributed by atoms with Gasteiger partial charge in [0.1, 0.15) is 0 Å². The minimum absolute atomic E-state index is 0.329. The quantitative estimate of drug-likeness (QED) is 0.646. The van der Waals surface area contributed by atoms with Gasteiger partial charge in [0.2, 0.25) is 0 Å². The Morgan fingerprint density at radius 3 is 2.67 bits per heavy atom. The summed E-state index contributed by atoms with van der Waals surface area (Å²) in [4.78, 5) is 0. The molecule has 1 aromatic carbocycles. The van der Waals surface area contributed by atoms with E-state index < -0.39 is 0 Å². The van der Waals surface area contributed by atoms with E-state index in [0.29, 0.717) is 16.0 Å². The molecule has 1 atom stereocenters. The van der Waals surface area contributed by atoms with Gasteiger partial charge in [-0.25, -0.2) is 0 Å². The molecule has 0 spiro atoms. The van der Waals surface area contributed by atoms with Crippen LogP contribution in [0.2, 0.25) is 10.0 Å². The van der Waals surface area contributed by atoms with Crippen LogP contribution in [-0.4, -0.2) is 0 Å². The van der Waals surface area contributed by atoms with Crippen LogP contribution in [-0.2, 0) is 0 Å². The molecule has 0 saturated heterocycles. The van der Waals surface area contributed by atoms with E-state index in [-0.39, 0.29) is 0 Å². The Hall–Kier alpha value is -0.640. The summed E-state index contributed by atoms with van der Waals surface area (Å²) < 4.78 is 0. The Kier molecular flexibility index (Phi) is 5.02. The lowest BCUT2D eigenvalue weighted by molar-refractivity contribution is 0.795. The molecule has 15 heavy (non-hydrogen) atoms. The van der Waals surface area contributed by atoms with Gasteiger partial charge in [-0.15, -0.1) is 11.8 Å². The number of benzene rings is 1. The highest BCUT2D eigenvalue weighted by Gasteiger charge is 2.10. The molecule has 0 aliphatic rings. The van der Waals surface area contributed by atoms with Crippen LogP contribution in [0, 0.1) is 11.8 Å². The van der Waals surface area contributed by atoms with Crippen molar-refractivity contribution >= 4 is 23.2 Å². The zero-order chi connectivity index (χ0) is 11.3. The normalized spacial score (nSPS) is 11.7. The topological polar surface area (TPSA) is 0 Å². The second kappa shape index (κ2) is 6.05. The minimum Gasteiger partial charge on any atom is -0.104 e. The summed E-state index contributed by atoms with van der Waals surface area (Å²) >= 11 is 12.1. The summed E-state index contributed by atoms with van der Waals surface area (Å²) in [5.41, 5.74) is 1.08. The van der Waals surface area contributed by atoms with Gasteiger partial charge in [0.05, 0.1) is 10.0 Å². The molecular weight excluding hydrogens is 227 g/mol. The smallest absolute Gasteiger partial charge is 0.0627 e.